The van der Waals surface area contributed by atoms with Crippen molar-refractivity contribution in [3.05, 3.63) is 66.0 Å². The van der Waals surface area contributed by atoms with E-state index in [2.05, 4.69) is 17.1 Å². The molecular formula is C20H24N2O2. The third-order valence-electron chi connectivity index (χ3n) is 4.28. The fraction of sp³-hybridized carbons (Fsp3) is 0.400. The maximum Gasteiger partial charge on any atom is 0.410 e. The van der Waals surface area contributed by atoms with E-state index in [4.69, 9.17) is 4.74 Å². The summed E-state index contributed by atoms with van der Waals surface area (Å²) in [7, 11) is 0. The number of amides is 1. The van der Waals surface area contributed by atoms with E-state index in [-0.39, 0.29) is 18.1 Å². The molecular weight excluding hydrogens is 300 g/mol. The van der Waals surface area contributed by atoms with E-state index >= 15 is 0 Å². The first-order valence-corrected chi connectivity index (χ1v) is 8.40. The molecule has 1 amide bonds. The minimum atomic E-state index is -0.499. The van der Waals surface area contributed by atoms with Crippen molar-refractivity contribution in [1.29, 1.82) is 0 Å². The summed E-state index contributed by atoms with van der Waals surface area (Å²) < 4.78 is 5.62. The normalized spacial score (nSPS) is 20.9. The summed E-state index contributed by atoms with van der Waals surface area (Å²) in [4.78, 5) is 18.8. The maximum absolute atomic E-state index is 12.7. The van der Waals surface area contributed by atoms with Crippen LogP contribution in [0.25, 0.3) is 0 Å². The number of benzene rings is 1. The van der Waals surface area contributed by atoms with Gasteiger partial charge in [-0.2, -0.15) is 0 Å². The molecule has 2 aromatic rings. The molecule has 1 aromatic heterocycles. The van der Waals surface area contributed by atoms with Crippen molar-refractivity contribution in [1.82, 2.24) is 9.88 Å². The molecule has 2 heterocycles. The highest BCUT2D eigenvalue weighted by Crippen LogP contribution is 2.44. The van der Waals surface area contributed by atoms with Crippen molar-refractivity contribution >= 4 is 6.09 Å². The average Bonchev–Trinajstić information content (AvgIpc) is 3.00. The zero-order valence-corrected chi connectivity index (χ0v) is 14.5. The van der Waals surface area contributed by atoms with Gasteiger partial charge in [-0.3, -0.25) is 4.98 Å². The van der Waals surface area contributed by atoms with Crippen LogP contribution in [0.5, 0.6) is 0 Å². The lowest BCUT2D eigenvalue weighted by atomic mass is 9.88. The summed E-state index contributed by atoms with van der Waals surface area (Å²) in [6.07, 6.45) is 4.27. The summed E-state index contributed by atoms with van der Waals surface area (Å²) in [6, 6.07) is 14.3. The number of rotatable bonds is 2. The van der Waals surface area contributed by atoms with Crippen LogP contribution < -0.4 is 0 Å². The van der Waals surface area contributed by atoms with Gasteiger partial charge in [-0.25, -0.2) is 4.79 Å². The first-order chi connectivity index (χ1) is 11.5. The molecule has 3 rings (SSSR count). The van der Waals surface area contributed by atoms with Gasteiger partial charge < -0.3 is 9.64 Å². The van der Waals surface area contributed by atoms with Gasteiger partial charge >= 0.3 is 6.09 Å². The predicted octanol–water partition coefficient (Wildman–Crippen LogP) is 4.55. The summed E-state index contributed by atoms with van der Waals surface area (Å²) in [6.45, 7) is 6.38. The van der Waals surface area contributed by atoms with Gasteiger partial charge in [0.05, 0.1) is 6.04 Å². The van der Waals surface area contributed by atoms with E-state index in [1.807, 2.05) is 62.2 Å². The molecule has 0 bridgehead atoms. The highest BCUT2D eigenvalue weighted by molar-refractivity contribution is 5.69. The van der Waals surface area contributed by atoms with E-state index in [9.17, 15) is 4.79 Å². The zero-order valence-electron chi connectivity index (χ0n) is 14.5. The number of hydrogen-bond acceptors (Lipinski definition) is 3. The smallest absolute Gasteiger partial charge is 0.410 e. The van der Waals surface area contributed by atoms with Gasteiger partial charge in [0.1, 0.15) is 5.60 Å². The van der Waals surface area contributed by atoms with E-state index < -0.39 is 5.60 Å². The minimum absolute atomic E-state index is 0.0454. The van der Waals surface area contributed by atoms with Gasteiger partial charge in [-0.15, -0.1) is 0 Å². The summed E-state index contributed by atoms with van der Waals surface area (Å²) in [5.74, 6) is 0.253. The average molecular weight is 324 g/mol. The number of carbonyl (C=O) groups is 1. The molecule has 1 aliphatic heterocycles. The van der Waals surface area contributed by atoms with E-state index in [0.29, 0.717) is 6.54 Å². The van der Waals surface area contributed by atoms with Gasteiger partial charge in [0.2, 0.25) is 0 Å². The first kappa shape index (κ1) is 16.5. The number of pyridine rings is 1. The Morgan fingerprint density at radius 1 is 1.12 bits per heavy atom. The SMILES string of the molecule is CC(C)(C)OC(=O)N1CC[C@H](c2ccccc2)[C@@H]1c1cccnc1. The summed E-state index contributed by atoms with van der Waals surface area (Å²) in [5.41, 5.74) is 1.80. The topological polar surface area (TPSA) is 42.4 Å². The van der Waals surface area contributed by atoms with E-state index in [1.54, 1.807) is 6.20 Å². The monoisotopic (exact) mass is 324 g/mol. The van der Waals surface area contributed by atoms with Gasteiger partial charge in [-0.1, -0.05) is 36.4 Å². The van der Waals surface area contributed by atoms with Crippen molar-refractivity contribution < 1.29 is 9.53 Å². The number of carbonyl (C=O) groups excluding carboxylic acids is 1. The van der Waals surface area contributed by atoms with Crippen molar-refractivity contribution in [3.63, 3.8) is 0 Å². The molecule has 1 fully saturated rings. The van der Waals surface area contributed by atoms with Gasteiger partial charge in [0.25, 0.3) is 0 Å². The zero-order chi connectivity index (χ0) is 17.2. The van der Waals surface area contributed by atoms with Gasteiger partial charge in [-0.05, 0) is 44.4 Å². The van der Waals surface area contributed by atoms with Crippen LogP contribution in [0.3, 0.4) is 0 Å². The molecule has 4 nitrogen and oxygen atoms in total. The second-order valence-electron chi connectivity index (χ2n) is 7.21. The lowest BCUT2D eigenvalue weighted by Crippen LogP contribution is -2.37. The summed E-state index contributed by atoms with van der Waals surface area (Å²) >= 11 is 0. The standard InChI is InChI=1S/C20H24N2O2/c1-20(2,3)24-19(23)22-13-11-17(15-8-5-4-6-9-15)18(22)16-10-7-12-21-14-16/h4-10,12,14,17-18H,11,13H2,1-3H3/t17-,18+/m1/s1. The van der Waals surface area contributed by atoms with Crippen LogP contribution >= 0.6 is 0 Å². The Morgan fingerprint density at radius 3 is 2.46 bits per heavy atom. The lowest BCUT2D eigenvalue weighted by molar-refractivity contribution is 0.0217. The van der Waals surface area contributed by atoms with Crippen molar-refractivity contribution in [3.8, 4) is 0 Å². The molecule has 4 heteroatoms. The van der Waals surface area contributed by atoms with Crippen molar-refractivity contribution in [2.45, 2.75) is 44.8 Å². The lowest BCUT2D eigenvalue weighted by Gasteiger charge is -2.31. The van der Waals surface area contributed by atoms with Crippen LogP contribution in [0.15, 0.2) is 54.9 Å². The third kappa shape index (κ3) is 3.58. The number of likely N-dealkylation sites (tertiary alicyclic amines) is 1. The molecule has 0 radical (unpaired) electrons. The number of nitrogens with zero attached hydrogens (tertiary/aromatic N) is 2. The molecule has 126 valence electrons. The van der Waals surface area contributed by atoms with Crippen LogP contribution in [-0.2, 0) is 4.74 Å². The molecule has 0 N–H and O–H groups in total. The molecule has 2 atom stereocenters. The Bertz CT molecular complexity index is 680. The van der Waals surface area contributed by atoms with Crippen LogP contribution in [0.1, 0.15) is 50.3 Å². The van der Waals surface area contributed by atoms with E-state index in [0.717, 1.165) is 12.0 Å². The third-order valence-corrected chi connectivity index (χ3v) is 4.28. The van der Waals surface area contributed by atoms with Gasteiger partial charge in [0.15, 0.2) is 0 Å². The molecule has 1 aromatic carbocycles. The van der Waals surface area contributed by atoms with Crippen LogP contribution in [0.2, 0.25) is 0 Å². The fourth-order valence-electron chi connectivity index (χ4n) is 3.33. The molecule has 1 saturated heterocycles. The Kier molecular flexibility index (Phi) is 4.56. The Balaban J connectivity index is 1.94. The van der Waals surface area contributed by atoms with E-state index in [1.165, 1.54) is 5.56 Å². The minimum Gasteiger partial charge on any atom is -0.444 e. The molecule has 1 aliphatic rings. The Hall–Kier alpha value is -2.36. The summed E-state index contributed by atoms with van der Waals surface area (Å²) in [5, 5.41) is 0. The molecule has 0 saturated carbocycles. The van der Waals surface area contributed by atoms with Crippen molar-refractivity contribution in [2.75, 3.05) is 6.54 Å². The second kappa shape index (κ2) is 6.63. The molecule has 0 unspecified atom stereocenters. The highest BCUT2D eigenvalue weighted by Gasteiger charge is 2.40. The fourth-order valence-corrected chi connectivity index (χ4v) is 3.33. The largest absolute Gasteiger partial charge is 0.444 e. The second-order valence-corrected chi connectivity index (χ2v) is 7.21. The first-order valence-electron chi connectivity index (χ1n) is 8.40. The predicted molar refractivity (Wildman–Crippen MR) is 93.7 cm³/mol. The number of ether oxygens (including phenoxy) is 1. The Labute approximate surface area is 143 Å². The highest BCUT2D eigenvalue weighted by atomic mass is 16.6. The Morgan fingerprint density at radius 2 is 1.83 bits per heavy atom. The van der Waals surface area contributed by atoms with Crippen LogP contribution in [-0.4, -0.2) is 28.1 Å². The van der Waals surface area contributed by atoms with Crippen molar-refractivity contribution in [2.24, 2.45) is 0 Å². The molecule has 24 heavy (non-hydrogen) atoms. The maximum atomic E-state index is 12.7. The number of hydrogen-bond donors (Lipinski definition) is 0. The molecule has 0 aliphatic carbocycles. The van der Waals surface area contributed by atoms with Gasteiger partial charge in [0, 0.05) is 24.9 Å². The molecule has 0 spiro atoms. The number of aromatic nitrogens is 1. The van der Waals surface area contributed by atoms with Crippen LogP contribution in [0, 0.1) is 0 Å². The van der Waals surface area contributed by atoms with Crippen LogP contribution in [0.4, 0.5) is 4.79 Å². The quantitative estimate of drug-likeness (QED) is 0.814.